The monoisotopic (exact) mass is 505 g/mol. The van der Waals surface area contributed by atoms with E-state index in [-0.39, 0.29) is 17.6 Å². The first-order valence-corrected chi connectivity index (χ1v) is 13.2. The molecule has 4 aromatic rings. The highest BCUT2D eigenvalue weighted by Gasteiger charge is 2.26. The summed E-state index contributed by atoms with van der Waals surface area (Å²) in [7, 11) is 2.15. The summed E-state index contributed by atoms with van der Waals surface area (Å²) in [6, 6.07) is 11.9. The van der Waals surface area contributed by atoms with Crippen LogP contribution in [-0.4, -0.2) is 65.2 Å². The summed E-state index contributed by atoms with van der Waals surface area (Å²) in [6.45, 7) is 4.06. The van der Waals surface area contributed by atoms with E-state index in [1.54, 1.807) is 6.07 Å². The number of aromatic nitrogens is 3. The summed E-state index contributed by atoms with van der Waals surface area (Å²) in [4.78, 5) is 29.5. The molecule has 36 heavy (non-hydrogen) atoms. The van der Waals surface area contributed by atoms with Crippen molar-refractivity contribution >= 4 is 44.9 Å². The molecule has 2 fully saturated rings. The molecule has 3 heterocycles. The molecule has 1 aliphatic carbocycles. The summed E-state index contributed by atoms with van der Waals surface area (Å²) >= 11 is 6.39. The van der Waals surface area contributed by atoms with Crippen LogP contribution in [0.4, 0.5) is 11.4 Å². The number of hydrogen-bond donors (Lipinski definition) is 4. The molecule has 0 bridgehead atoms. The van der Waals surface area contributed by atoms with Crippen LogP contribution in [0.2, 0.25) is 5.02 Å². The maximum atomic E-state index is 13.5. The minimum Gasteiger partial charge on any atom is -0.379 e. The number of likely N-dealkylation sites (N-methyl/N-ethyl adjacent to an activating group) is 1. The Balaban J connectivity index is 1.46. The topological polar surface area (TPSA) is 106 Å². The molecular weight excluding hydrogens is 474 g/mol. The van der Waals surface area contributed by atoms with Gasteiger partial charge in [0.15, 0.2) is 0 Å². The fourth-order valence-electron chi connectivity index (χ4n) is 5.54. The third-order valence-electron chi connectivity index (χ3n) is 7.70. The predicted molar refractivity (Wildman–Crippen MR) is 148 cm³/mol. The van der Waals surface area contributed by atoms with Gasteiger partial charge in [0.2, 0.25) is 0 Å². The summed E-state index contributed by atoms with van der Waals surface area (Å²) in [5.74, 6) is 0.538. The number of nitrogens with one attached hydrogen (secondary N) is 3. The summed E-state index contributed by atoms with van der Waals surface area (Å²) < 4.78 is 0. The van der Waals surface area contributed by atoms with Gasteiger partial charge in [0.1, 0.15) is 11.4 Å². The Morgan fingerprint density at radius 2 is 1.83 bits per heavy atom. The number of fused-ring (bicyclic) bond motifs is 2. The Bertz CT molecular complexity index is 1470. The molecule has 6 rings (SSSR count). The van der Waals surface area contributed by atoms with Crippen LogP contribution in [0.5, 0.6) is 0 Å². The second-order valence-electron chi connectivity index (χ2n) is 10.2. The number of nitrogens with zero attached hydrogens (tertiary/aromatic N) is 3. The second-order valence-corrected chi connectivity index (χ2v) is 10.6. The summed E-state index contributed by atoms with van der Waals surface area (Å²) in [5.41, 5.74) is 11.1. The number of piperazine rings is 1. The standard InChI is InChI=1S/C27H32ClN7O/c1-34-10-12-35(13-11-34)17-7-9-22-23(15-17)32-26(31-22)24-25(30-21-5-3-2-4-19(21)29)18-14-16(28)6-8-20(18)33-27(24)36/h6-9,14-15,19,21H,2-5,10-13,29H2,1H3,(H,31,32)(H2,30,33,36)/t19-,21-/m1/s1. The van der Waals surface area contributed by atoms with Crippen molar-refractivity contribution in [2.45, 2.75) is 37.8 Å². The average Bonchev–Trinajstić information content (AvgIpc) is 3.29. The molecule has 0 radical (unpaired) electrons. The van der Waals surface area contributed by atoms with Crippen LogP contribution in [0, 0.1) is 0 Å². The van der Waals surface area contributed by atoms with E-state index in [0.29, 0.717) is 16.4 Å². The maximum Gasteiger partial charge on any atom is 0.261 e. The third-order valence-corrected chi connectivity index (χ3v) is 7.93. The predicted octanol–water partition coefficient (Wildman–Crippen LogP) is 4.16. The van der Waals surface area contributed by atoms with Crippen LogP contribution in [0.3, 0.4) is 0 Å². The lowest BCUT2D eigenvalue weighted by atomic mass is 9.90. The van der Waals surface area contributed by atoms with Gasteiger partial charge in [-0.1, -0.05) is 24.4 Å². The summed E-state index contributed by atoms with van der Waals surface area (Å²) in [5, 5.41) is 5.11. The zero-order valence-electron chi connectivity index (χ0n) is 20.5. The minimum absolute atomic E-state index is 0.0296. The van der Waals surface area contributed by atoms with E-state index >= 15 is 0 Å². The molecule has 2 aromatic heterocycles. The minimum atomic E-state index is -0.199. The van der Waals surface area contributed by atoms with Crippen molar-refractivity contribution in [3.8, 4) is 11.4 Å². The lowest BCUT2D eigenvalue weighted by Crippen LogP contribution is -2.44. The van der Waals surface area contributed by atoms with Crippen LogP contribution in [0.1, 0.15) is 25.7 Å². The Morgan fingerprint density at radius 3 is 2.64 bits per heavy atom. The number of aromatic amines is 2. The zero-order chi connectivity index (χ0) is 24.8. The second kappa shape index (κ2) is 9.42. The van der Waals surface area contributed by atoms with Gasteiger partial charge in [-0.3, -0.25) is 4.79 Å². The molecular formula is C27H32ClN7O. The van der Waals surface area contributed by atoms with Crippen LogP contribution < -0.4 is 21.5 Å². The van der Waals surface area contributed by atoms with Gasteiger partial charge >= 0.3 is 0 Å². The number of nitrogens with two attached hydrogens (primary N) is 1. The zero-order valence-corrected chi connectivity index (χ0v) is 21.2. The molecule has 1 aliphatic heterocycles. The molecule has 2 atom stereocenters. The molecule has 8 nitrogen and oxygen atoms in total. The molecule has 2 aromatic carbocycles. The maximum absolute atomic E-state index is 13.5. The number of anilines is 2. The van der Waals surface area contributed by atoms with Gasteiger partial charge in [-0.2, -0.15) is 0 Å². The largest absolute Gasteiger partial charge is 0.379 e. The average molecular weight is 506 g/mol. The fourth-order valence-corrected chi connectivity index (χ4v) is 5.71. The SMILES string of the molecule is CN1CCN(c2ccc3nc(-c4c(N[C@@H]5CCCC[C@H]5N)c5cc(Cl)ccc5[nH]c4=O)[nH]c3c2)CC1. The first-order chi connectivity index (χ1) is 17.5. The van der Waals surface area contributed by atoms with Gasteiger partial charge in [-0.25, -0.2) is 4.98 Å². The fraction of sp³-hybridized carbons (Fsp3) is 0.407. The normalized spacial score (nSPS) is 21.4. The number of benzene rings is 2. The van der Waals surface area contributed by atoms with Gasteiger partial charge < -0.3 is 30.8 Å². The number of hydrogen-bond acceptors (Lipinski definition) is 6. The van der Waals surface area contributed by atoms with Crippen LogP contribution >= 0.6 is 11.6 Å². The Labute approximate surface area is 214 Å². The Morgan fingerprint density at radius 1 is 1.03 bits per heavy atom. The van der Waals surface area contributed by atoms with Gasteiger partial charge in [-0.15, -0.1) is 0 Å². The highest BCUT2D eigenvalue weighted by atomic mass is 35.5. The van der Waals surface area contributed by atoms with E-state index < -0.39 is 0 Å². The molecule has 2 aliphatic rings. The van der Waals surface area contributed by atoms with Crippen molar-refractivity contribution in [1.82, 2.24) is 19.9 Å². The number of imidazole rings is 1. The highest BCUT2D eigenvalue weighted by molar-refractivity contribution is 6.31. The number of H-pyrrole nitrogens is 2. The van der Waals surface area contributed by atoms with Crippen molar-refractivity contribution in [3.63, 3.8) is 0 Å². The smallest absolute Gasteiger partial charge is 0.261 e. The number of rotatable bonds is 4. The van der Waals surface area contributed by atoms with Crippen LogP contribution in [-0.2, 0) is 0 Å². The summed E-state index contributed by atoms with van der Waals surface area (Å²) in [6.07, 6.45) is 4.17. The molecule has 1 saturated carbocycles. The lowest BCUT2D eigenvalue weighted by molar-refractivity contribution is 0.313. The third kappa shape index (κ3) is 4.34. The van der Waals surface area contributed by atoms with E-state index in [1.165, 1.54) is 0 Å². The van der Waals surface area contributed by atoms with Gasteiger partial charge in [0, 0.05) is 54.4 Å². The quantitative estimate of drug-likeness (QED) is 0.332. The molecule has 0 spiro atoms. The molecule has 0 unspecified atom stereocenters. The van der Waals surface area contributed by atoms with Crippen molar-refractivity contribution in [3.05, 3.63) is 51.8 Å². The Kier molecular flexibility index (Phi) is 6.11. The van der Waals surface area contributed by atoms with Crippen molar-refractivity contribution in [1.29, 1.82) is 0 Å². The van der Waals surface area contributed by atoms with Crippen molar-refractivity contribution in [2.24, 2.45) is 5.73 Å². The van der Waals surface area contributed by atoms with Crippen molar-refractivity contribution < 1.29 is 0 Å². The van der Waals surface area contributed by atoms with Crippen LogP contribution in [0.25, 0.3) is 33.3 Å². The first-order valence-electron chi connectivity index (χ1n) is 12.8. The van der Waals surface area contributed by atoms with E-state index in [2.05, 4.69) is 44.3 Å². The van der Waals surface area contributed by atoms with E-state index in [4.69, 9.17) is 22.3 Å². The molecule has 1 saturated heterocycles. The first kappa shape index (κ1) is 23.3. The van der Waals surface area contributed by atoms with Gasteiger partial charge in [0.05, 0.1) is 22.2 Å². The number of halogens is 1. The molecule has 0 amide bonds. The highest BCUT2D eigenvalue weighted by Crippen LogP contribution is 2.35. The lowest BCUT2D eigenvalue weighted by Gasteiger charge is -2.34. The Hall–Kier alpha value is -3.07. The van der Waals surface area contributed by atoms with E-state index in [0.717, 1.165) is 85.2 Å². The van der Waals surface area contributed by atoms with E-state index in [1.807, 2.05) is 18.2 Å². The molecule has 9 heteroatoms. The molecule has 188 valence electrons. The van der Waals surface area contributed by atoms with Gasteiger partial charge in [-0.05, 0) is 56.3 Å². The van der Waals surface area contributed by atoms with E-state index in [9.17, 15) is 4.79 Å². The number of pyridine rings is 1. The van der Waals surface area contributed by atoms with Crippen molar-refractivity contribution in [2.75, 3.05) is 43.4 Å². The molecule has 5 N–H and O–H groups in total. The van der Waals surface area contributed by atoms with Gasteiger partial charge in [0.25, 0.3) is 5.56 Å². The van der Waals surface area contributed by atoms with Crippen LogP contribution in [0.15, 0.2) is 41.2 Å².